The summed E-state index contributed by atoms with van der Waals surface area (Å²) in [5.74, 6) is -0.773. The summed E-state index contributed by atoms with van der Waals surface area (Å²) in [5, 5.41) is 17.1. The number of carbonyl (C=O) groups is 2. The number of aromatic nitrogens is 2. The molecule has 1 atom stereocenters. The Morgan fingerprint density at radius 2 is 1.62 bits per heavy atom. The lowest BCUT2D eigenvalue weighted by Gasteiger charge is -2.18. The van der Waals surface area contributed by atoms with E-state index in [2.05, 4.69) is 26.1 Å². The van der Waals surface area contributed by atoms with Crippen LogP contribution in [0.1, 0.15) is 11.1 Å². The number of nitrogens with one attached hydrogen (secondary N) is 3. The van der Waals surface area contributed by atoms with E-state index in [1.165, 1.54) is 12.1 Å². The highest BCUT2D eigenvalue weighted by Gasteiger charge is 2.23. The molecule has 0 spiro atoms. The maximum Gasteiger partial charge on any atom is 0.319 e. The molecule has 34 heavy (non-hydrogen) atoms. The first-order chi connectivity index (χ1) is 16.5. The van der Waals surface area contributed by atoms with Gasteiger partial charge in [0, 0.05) is 17.7 Å². The summed E-state index contributed by atoms with van der Waals surface area (Å²) in [5.41, 5.74) is 3.28. The number of halogens is 1. The van der Waals surface area contributed by atoms with Gasteiger partial charge < -0.3 is 10.6 Å². The van der Waals surface area contributed by atoms with Gasteiger partial charge in [-0.2, -0.15) is 0 Å². The summed E-state index contributed by atoms with van der Waals surface area (Å²) in [6, 6.07) is 21.3. The second-order valence-corrected chi connectivity index (χ2v) is 8.59. The Kier molecular flexibility index (Phi) is 7.24. The van der Waals surface area contributed by atoms with E-state index in [0.29, 0.717) is 16.3 Å². The second kappa shape index (κ2) is 10.7. The predicted molar refractivity (Wildman–Crippen MR) is 131 cm³/mol. The largest absolute Gasteiger partial charge is 0.326 e. The second-order valence-electron chi connectivity index (χ2n) is 7.62. The molecule has 0 aliphatic carbocycles. The van der Waals surface area contributed by atoms with Gasteiger partial charge in [-0.25, -0.2) is 9.18 Å². The highest BCUT2D eigenvalue weighted by atomic mass is 32.1. The average Bonchev–Trinajstić information content (AvgIpc) is 3.29. The molecule has 0 bridgehead atoms. The van der Waals surface area contributed by atoms with E-state index in [1.54, 1.807) is 24.3 Å². The lowest BCUT2D eigenvalue weighted by atomic mass is 10.1. The Labute approximate surface area is 200 Å². The molecule has 0 radical (unpaired) electrons. The van der Waals surface area contributed by atoms with Crippen molar-refractivity contribution in [3.05, 3.63) is 95.8 Å². The van der Waals surface area contributed by atoms with Crippen LogP contribution >= 0.6 is 11.3 Å². The molecular weight excluding hydrogens is 453 g/mol. The van der Waals surface area contributed by atoms with E-state index in [-0.39, 0.29) is 17.4 Å². The normalized spacial score (nSPS) is 11.5. The van der Waals surface area contributed by atoms with Crippen LogP contribution in [0.2, 0.25) is 0 Å². The molecule has 4 rings (SSSR count). The number of urea groups is 1. The van der Waals surface area contributed by atoms with E-state index < -0.39 is 18.0 Å². The van der Waals surface area contributed by atoms with Crippen LogP contribution in [0.4, 0.5) is 20.0 Å². The lowest BCUT2D eigenvalue weighted by molar-refractivity contribution is -0.117. The highest BCUT2D eigenvalue weighted by molar-refractivity contribution is 7.18. The molecular formula is C25H22FN5O2S. The van der Waals surface area contributed by atoms with Gasteiger partial charge in [-0.05, 0) is 48.9 Å². The Morgan fingerprint density at radius 1 is 0.912 bits per heavy atom. The molecule has 7 nitrogen and oxygen atoms in total. The third-order valence-electron chi connectivity index (χ3n) is 4.96. The molecule has 172 valence electrons. The van der Waals surface area contributed by atoms with Gasteiger partial charge in [0.25, 0.3) is 0 Å². The zero-order chi connectivity index (χ0) is 23.9. The van der Waals surface area contributed by atoms with Crippen molar-refractivity contribution in [1.29, 1.82) is 0 Å². The first-order valence-corrected chi connectivity index (χ1v) is 11.4. The minimum absolute atomic E-state index is 0.281. The molecule has 0 aliphatic heterocycles. The van der Waals surface area contributed by atoms with Gasteiger partial charge in [-0.15, -0.1) is 10.2 Å². The van der Waals surface area contributed by atoms with Crippen LogP contribution in [0.5, 0.6) is 0 Å². The molecule has 4 aromatic rings. The first-order valence-electron chi connectivity index (χ1n) is 10.5. The van der Waals surface area contributed by atoms with Gasteiger partial charge in [0.15, 0.2) is 0 Å². The number of anilines is 2. The minimum atomic E-state index is -0.856. The third kappa shape index (κ3) is 6.23. The maximum atomic E-state index is 13.2. The monoisotopic (exact) mass is 475 g/mol. The Balaban J connectivity index is 1.46. The SMILES string of the molecule is Cc1ccc(NC(=O)NC(Cc2ccccc2)C(=O)Nc2nnc(-c3ccc(F)cc3)s2)cc1. The van der Waals surface area contributed by atoms with Crippen molar-refractivity contribution in [2.75, 3.05) is 10.6 Å². The van der Waals surface area contributed by atoms with E-state index in [9.17, 15) is 14.0 Å². The fourth-order valence-corrected chi connectivity index (χ4v) is 3.95. The van der Waals surface area contributed by atoms with Gasteiger partial charge >= 0.3 is 6.03 Å². The van der Waals surface area contributed by atoms with Crippen molar-refractivity contribution in [3.8, 4) is 10.6 Å². The minimum Gasteiger partial charge on any atom is -0.326 e. The Bertz CT molecular complexity index is 1260. The molecule has 1 aromatic heterocycles. The van der Waals surface area contributed by atoms with Crippen molar-refractivity contribution in [3.63, 3.8) is 0 Å². The van der Waals surface area contributed by atoms with Crippen LogP contribution in [0.25, 0.3) is 10.6 Å². The number of aryl methyl sites for hydroxylation is 1. The number of nitrogens with zero attached hydrogens (tertiary/aromatic N) is 2. The number of benzene rings is 3. The summed E-state index contributed by atoms with van der Waals surface area (Å²) in [7, 11) is 0. The molecule has 0 saturated carbocycles. The van der Waals surface area contributed by atoms with Crippen molar-refractivity contribution >= 4 is 34.1 Å². The maximum absolute atomic E-state index is 13.2. The van der Waals surface area contributed by atoms with Crippen LogP contribution in [0, 0.1) is 12.7 Å². The molecule has 3 amide bonds. The molecule has 0 aliphatic rings. The van der Waals surface area contributed by atoms with Crippen molar-refractivity contribution < 1.29 is 14.0 Å². The summed E-state index contributed by atoms with van der Waals surface area (Å²) in [6.45, 7) is 1.96. The topological polar surface area (TPSA) is 96.0 Å². The first kappa shape index (κ1) is 23.1. The zero-order valence-corrected chi connectivity index (χ0v) is 19.1. The van der Waals surface area contributed by atoms with Gasteiger partial charge in [0.1, 0.15) is 16.9 Å². The van der Waals surface area contributed by atoms with E-state index >= 15 is 0 Å². The van der Waals surface area contributed by atoms with Crippen LogP contribution < -0.4 is 16.0 Å². The third-order valence-corrected chi connectivity index (χ3v) is 5.85. The van der Waals surface area contributed by atoms with Crippen molar-refractivity contribution in [2.24, 2.45) is 0 Å². The zero-order valence-electron chi connectivity index (χ0n) is 18.3. The van der Waals surface area contributed by atoms with Gasteiger partial charge in [0.05, 0.1) is 0 Å². The fourth-order valence-electron chi connectivity index (χ4n) is 3.20. The van der Waals surface area contributed by atoms with Crippen molar-refractivity contribution in [2.45, 2.75) is 19.4 Å². The number of rotatable bonds is 7. The number of hydrogen-bond donors (Lipinski definition) is 3. The fraction of sp³-hybridized carbons (Fsp3) is 0.120. The average molecular weight is 476 g/mol. The number of hydrogen-bond acceptors (Lipinski definition) is 5. The van der Waals surface area contributed by atoms with Crippen LogP contribution in [0.15, 0.2) is 78.9 Å². The molecule has 1 unspecified atom stereocenters. The quantitative estimate of drug-likeness (QED) is 0.350. The molecule has 0 fully saturated rings. The lowest BCUT2D eigenvalue weighted by Crippen LogP contribution is -2.46. The van der Waals surface area contributed by atoms with Gasteiger partial charge in [0.2, 0.25) is 11.0 Å². The van der Waals surface area contributed by atoms with Crippen molar-refractivity contribution in [1.82, 2.24) is 15.5 Å². The summed E-state index contributed by atoms with van der Waals surface area (Å²) < 4.78 is 13.2. The molecule has 9 heteroatoms. The Morgan fingerprint density at radius 3 is 2.32 bits per heavy atom. The van der Waals surface area contributed by atoms with Crippen LogP contribution in [0.3, 0.4) is 0 Å². The molecule has 3 N–H and O–H groups in total. The Hall–Kier alpha value is -4.11. The summed E-state index contributed by atoms with van der Waals surface area (Å²) in [4.78, 5) is 25.7. The standard InChI is InChI=1S/C25H22FN5O2S/c1-16-7-13-20(14-8-16)27-24(33)28-21(15-17-5-3-2-4-6-17)22(32)29-25-31-30-23(34-25)18-9-11-19(26)12-10-18/h2-14,21H,15H2,1H3,(H2,27,28,33)(H,29,31,32). The van der Waals surface area contributed by atoms with Crippen LogP contribution in [-0.4, -0.2) is 28.2 Å². The van der Waals surface area contributed by atoms with E-state index in [1.807, 2.05) is 49.4 Å². The van der Waals surface area contributed by atoms with E-state index in [0.717, 1.165) is 22.5 Å². The molecule has 3 aromatic carbocycles. The van der Waals surface area contributed by atoms with Gasteiger partial charge in [-0.3, -0.25) is 10.1 Å². The molecule has 0 saturated heterocycles. The smallest absolute Gasteiger partial charge is 0.319 e. The van der Waals surface area contributed by atoms with Crippen LogP contribution in [-0.2, 0) is 11.2 Å². The highest BCUT2D eigenvalue weighted by Crippen LogP contribution is 2.26. The molecule has 1 heterocycles. The predicted octanol–water partition coefficient (Wildman–Crippen LogP) is 5.02. The van der Waals surface area contributed by atoms with Gasteiger partial charge in [-0.1, -0.05) is 59.4 Å². The summed E-state index contributed by atoms with van der Waals surface area (Å²) in [6.07, 6.45) is 0.289. The number of amides is 3. The van der Waals surface area contributed by atoms with E-state index in [4.69, 9.17) is 0 Å². The number of carbonyl (C=O) groups excluding carboxylic acids is 2. The summed E-state index contributed by atoms with van der Waals surface area (Å²) >= 11 is 1.16.